The molecule has 20 heavy (non-hydrogen) atoms. The quantitative estimate of drug-likeness (QED) is 0.841. The second-order valence-corrected chi connectivity index (χ2v) is 4.61. The zero-order valence-electron chi connectivity index (χ0n) is 11.3. The molecular weight excluding hydrogens is 258 g/mol. The maximum Gasteiger partial charge on any atom is 0.303 e. The Labute approximate surface area is 117 Å². The van der Waals surface area contributed by atoms with Crippen LogP contribution in [0.2, 0.25) is 0 Å². The number of carboxylic acid groups (broad SMARTS) is 1. The number of hydrogen-bond acceptors (Lipinski definition) is 4. The van der Waals surface area contributed by atoms with Crippen molar-refractivity contribution in [2.45, 2.75) is 32.8 Å². The molecule has 1 aromatic heterocycles. The van der Waals surface area contributed by atoms with Gasteiger partial charge in [-0.25, -0.2) is 0 Å². The van der Waals surface area contributed by atoms with Gasteiger partial charge in [-0.3, -0.25) is 4.79 Å². The van der Waals surface area contributed by atoms with E-state index < -0.39 is 5.97 Å². The van der Waals surface area contributed by atoms with Crippen LogP contribution < -0.4 is 4.74 Å². The minimum absolute atomic E-state index is 0.184. The van der Waals surface area contributed by atoms with Crippen molar-refractivity contribution in [3.8, 4) is 5.75 Å². The molecule has 1 aromatic carbocycles. The minimum Gasteiger partial charge on any atom is -0.487 e. The van der Waals surface area contributed by atoms with Crippen molar-refractivity contribution in [1.82, 2.24) is 5.16 Å². The lowest BCUT2D eigenvalue weighted by Crippen LogP contribution is -1.98. The molecule has 0 aliphatic rings. The van der Waals surface area contributed by atoms with Crippen LogP contribution in [0.1, 0.15) is 29.9 Å². The van der Waals surface area contributed by atoms with Crippen molar-refractivity contribution in [1.29, 1.82) is 0 Å². The third kappa shape index (κ3) is 4.42. The maximum absolute atomic E-state index is 10.5. The average molecular weight is 275 g/mol. The first-order chi connectivity index (χ1) is 9.63. The van der Waals surface area contributed by atoms with E-state index in [1.807, 2.05) is 37.3 Å². The fraction of sp³-hybridized carbons (Fsp3) is 0.333. The van der Waals surface area contributed by atoms with Crippen LogP contribution in [-0.2, 0) is 17.8 Å². The highest BCUT2D eigenvalue weighted by atomic mass is 16.5. The first-order valence-electron chi connectivity index (χ1n) is 6.49. The van der Waals surface area contributed by atoms with Gasteiger partial charge >= 0.3 is 5.97 Å². The molecule has 106 valence electrons. The molecule has 0 amide bonds. The number of aliphatic carboxylic acids is 1. The molecule has 0 fully saturated rings. The van der Waals surface area contributed by atoms with Crippen LogP contribution in [0, 0.1) is 6.92 Å². The summed E-state index contributed by atoms with van der Waals surface area (Å²) in [5.74, 6) is 0.739. The van der Waals surface area contributed by atoms with Crippen LogP contribution in [0.15, 0.2) is 34.9 Å². The van der Waals surface area contributed by atoms with Crippen molar-refractivity contribution < 1.29 is 19.2 Å². The standard InChI is InChI=1S/C15H17NO4/c1-11-8-13(16-20-11)10-19-14-6-2-4-12(9-14)5-3-7-15(17)18/h2,4,6,8-9H,3,5,7,10H2,1H3,(H,17,18). The Morgan fingerprint density at radius 1 is 1.40 bits per heavy atom. The number of aromatic nitrogens is 1. The van der Waals surface area contributed by atoms with Gasteiger partial charge in [-0.2, -0.15) is 0 Å². The molecule has 1 N–H and O–H groups in total. The number of rotatable bonds is 7. The van der Waals surface area contributed by atoms with Crippen LogP contribution in [0.25, 0.3) is 0 Å². The van der Waals surface area contributed by atoms with Crippen molar-refractivity contribution in [3.63, 3.8) is 0 Å². The number of aryl methyl sites for hydroxylation is 2. The average Bonchev–Trinajstić information content (AvgIpc) is 2.82. The van der Waals surface area contributed by atoms with E-state index in [2.05, 4.69) is 5.16 Å². The van der Waals surface area contributed by atoms with Crippen LogP contribution >= 0.6 is 0 Å². The van der Waals surface area contributed by atoms with Gasteiger partial charge in [-0.15, -0.1) is 0 Å². The zero-order valence-corrected chi connectivity index (χ0v) is 11.3. The number of carbonyl (C=O) groups is 1. The summed E-state index contributed by atoms with van der Waals surface area (Å²) in [6.07, 6.45) is 1.54. The van der Waals surface area contributed by atoms with Gasteiger partial charge in [0.1, 0.15) is 23.8 Å². The van der Waals surface area contributed by atoms with Gasteiger partial charge in [0.2, 0.25) is 0 Å². The Balaban J connectivity index is 1.87. The number of ether oxygens (including phenoxy) is 1. The normalized spacial score (nSPS) is 10.4. The molecule has 0 saturated heterocycles. The molecule has 0 unspecified atom stereocenters. The number of carboxylic acids is 1. The van der Waals surface area contributed by atoms with Crippen LogP contribution in [0.5, 0.6) is 5.75 Å². The molecule has 1 heterocycles. The Bertz CT molecular complexity index is 577. The van der Waals surface area contributed by atoms with E-state index in [1.54, 1.807) is 0 Å². The molecule has 2 aromatic rings. The predicted molar refractivity (Wildman–Crippen MR) is 72.6 cm³/mol. The lowest BCUT2D eigenvalue weighted by molar-refractivity contribution is -0.137. The summed E-state index contributed by atoms with van der Waals surface area (Å²) in [4.78, 5) is 10.5. The molecule has 0 aliphatic carbocycles. The van der Waals surface area contributed by atoms with Crippen LogP contribution in [0.3, 0.4) is 0 Å². The van der Waals surface area contributed by atoms with E-state index in [0.29, 0.717) is 13.0 Å². The SMILES string of the molecule is Cc1cc(COc2cccc(CCCC(=O)O)c2)no1. The van der Waals surface area contributed by atoms with Gasteiger partial charge < -0.3 is 14.4 Å². The van der Waals surface area contributed by atoms with Gasteiger partial charge in [0, 0.05) is 12.5 Å². The van der Waals surface area contributed by atoms with Gasteiger partial charge in [0.25, 0.3) is 0 Å². The second kappa shape index (κ2) is 6.75. The molecule has 5 nitrogen and oxygen atoms in total. The predicted octanol–water partition coefficient (Wildman–Crippen LogP) is 2.97. The summed E-state index contributed by atoms with van der Waals surface area (Å²) in [6.45, 7) is 2.19. The molecule has 0 aliphatic heterocycles. The molecule has 2 rings (SSSR count). The highest BCUT2D eigenvalue weighted by molar-refractivity contribution is 5.66. The summed E-state index contributed by atoms with van der Waals surface area (Å²) in [7, 11) is 0. The van der Waals surface area contributed by atoms with Crippen molar-refractivity contribution in [2.75, 3.05) is 0 Å². The fourth-order valence-electron chi connectivity index (χ4n) is 1.88. The highest BCUT2D eigenvalue weighted by Gasteiger charge is 2.03. The maximum atomic E-state index is 10.5. The Morgan fingerprint density at radius 3 is 2.95 bits per heavy atom. The molecule has 0 saturated carbocycles. The zero-order chi connectivity index (χ0) is 14.4. The molecular formula is C15H17NO4. The van der Waals surface area contributed by atoms with E-state index in [-0.39, 0.29) is 6.42 Å². The molecule has 0 atom stereocenters. The van der Waals surface area contributed by atoms with Crippen LogP contribution in [0.4, 0.5) is 0 Å². The minimum atomic E-state index is -0.765. The van der Waals surface area contributed by atoms with Gasteiger partial charge in [-0.1, -0.05) is 17.3 Å². The third-order valence-electron chi connectivity index (χ3n) is 2.82. The largest absolute Gasteiger partial charge is 0.487 e. The van der Waals surface area contributed by atoms with E-state index in [9.17, 15) is 4.79 Å². The topological polar surface area (TPSA) is 72.6 Å². The van der Waals surface area contributed by atoms with Gasteiger partial charge in [-0.05, 0) is 37.5 Å². The lowest BCUT2D eigenvalue weighted by atomic mass is 10.1. The van der Waals surface area contributed by atoms with E-state index in [0.717, 1.165) is 29.2 Å². The smallest absolute Gasteiger partial charge is 0.303 e. The third-order valence-corrected chi connectivity index (χ3v) is 2.82. The first kappa shape index (κ1) is 14.1. The van der Waals surface area contributed by atoms with Crippen molar-refractivity contribution in [2.24, 2.45) is 0 Å². The second-order valence-electron chi connectivity index (χ2n) is 4.61. The summed E-state index contributed by atoms with van der Waals surface area (Å²) < 4.78 is 10.6. The van der Waals surface area contributed by atoms with Crippen molar-refractivity contribution >= 4 is 5.97 Å². The van der Waals surface area contributed by atoms with E-state index in [1.165, 1.54) is 0 Å². The summed E-state index contributed by atoms with van der Waals surface area (Å²) in [5.41, 5.74) is 1.82. The molecule has 0 spiro atoms. The number of hydrogen-bond donors (Lipinski definition) is 1. The monoisotopic (exact) mass is 275 g/mol. The summed E-state index contributed by atoms with van der Waals surface area (Å²) >= 11 is 0. The first-order valence-corrected chi connectivity index (χ1v) is 6.49. The summed E-state index contributed by atoms with van der Waals surface area (Å²) in [5, 5.41) is 12.5. The Hall–Kier alpha value is -2.30. The Kier molecular flexibility index (Phi) is 4.76. The Morgan fingerprint density at radius 2 is 2.25 bits per heavy atom. The fourth-order valence-corrected chi connectivity index (χ4v) is 1.88. The van der Waals surface area contributed by atoms with Gasteiger partial charge in [0.05, 0.1) is 0 Å². The van der Waals surface area contributed by atoms with Crippen LogP contribution in [-0.4, -0.2) is 16.2 Å². The van der Waals surface area contributed by atoms with Crippen molar-refractivity contribution in [3.05, 3.63) is 47.3 Å². The molecule has 0 bridgehead atoms. The lowest BCUT2D eigenvalue weighted by Gasteiger charge is -2.06. The number of benzene rings is 1. The molecule has 0 radical (unpaired) electrons. The summed E-state index contributed by atoms with van der Waals surface area (Å²) in [6, 6.07) is 9.49. The van der Waals surface area contributed by atoms with Gasteiger partial charge in [0.15, 0.2) is 0 Å². The highest BCUT2D eigenvalue weighted by Crippen LogP contribution is 2.16. The van der Waals surface area contributed by atoms with E-state index >= 15 is 0 Å². The van der Waals surface area contributed by atoms with E-state index in [4.69, 9.17) is 14.4 Å². The number of nitrogens with zero attached hydrogens (tertiary/aromatic N) is 1. The molecule has 5 heteroatoms.